The summed E-state index contributed by atoms with van der Waals surface area (Å²) in [6.07, 6.45) is 0. The van der Waals surface area contributed by atoms with Gasteiger partial charge in [0.25, 0.3) is 0 Å². The van der Waals surface area contributed by atoms with Crippen molar-refractivity contribution >= 4 is 21.5 Å². The summed E-state index contributed by atoms with van der Waals surface area (Å²) in [7, 11) is 0. The van der Waals surface area contributed by atoms with Crippen molar-refractivity contribution in [3.63, 3.8) is 0 Å². The van der Waals surface area contributed by atoms with Crippen molar-refractivity contribution in [2.45, 2.75) is 13.8 Å². The molecule has 3 aromatic rings. The van der Waals surface area contributed by atoms with Gasteiger partial charge in [-0.1, -0.05) is 12.1 Å². The van der Waals surface area contributed by atoms with Crippen LogP contribution < -0.4 is 0 Å². The van der Waals surface area contributed by atoms with Crippen LogP contribution in [0.4, 0.5) is 0 Å². The Bertz CT molecular complexity index is 773. The third-order valence-corrected chi connectivity index (χ3v) is 3.43. The molecule has 2 heteroatoms. The van der Waals surface area contributed by atoms with E-state index in [-0.39, 0.29) is 5.75 Å². The molecule has 2 nitrogen and oxygen atoms in total. The Hall–Kier alpha value is -2.22. The number of benzene rings is 3. The summed E-state index contributed by atoms with van der Waals surface area (Å²) < 4.78 is 0. The molecule has 0 unspecified atom stereocenters. The van der Waals surface area contributed by atoms with Crippen LogP contribution in [0.5, 0.6) is 11.5 Å². The van der Waals surface area contributed by atoms with Crippen LogP contribution in [0.15, 0.2) is 36.4 Å². The van der Waals surface area contributed by atoms with E-state index >= 15 is 0 Å². The highest BCUT2D eigenvalue weighted by molar-refractivity contribution is 6.10. The van der Waals surface area contributed by atoms with Gasteiger partial charge in [-0.15, -0.1) is 0 Å². The van der Waals surface area contributed by atoms with Crippen LogP contribution in [0.1, 0.15) is 11.1 Å². The average Bonchev–Trinajstić information content (AvgIpc) is 2.30. The number of hydrogen-bond acceptors (Lipinski definition) is 2. The summed E-state index contributed by atoms with van der Waals surface area (Å²) in [6, 6.07) is 11.3. The van der Waals surface area contributed by atoms with E-state index in [1.54, 1.807) is 18.2 Å². The zero-order chi connectivity index (χ0) is 12.9. The first-order valence-corrected chi connectivity index (χ1v) is 5.92. The maximum absolute atomic E-state index is 9.76. The van der Waals surface area contributed by atoms with E-state index in [4.69, 9.17) is 0 Å². The standard InChI is InChI=1S/C16H14O2/c1-9-6-14-11(8-15(9)18)3-4-12-7-13(17)5-10(2)16(12)14/h3-8,17-18H,1-2H3. The summed E-state index contributed by atoms with van der Waals surface area (Å²) in [4.78, 5) is 0. The molecule has 0 aliphatic heterocycles. The van der Waals surface area contributed by atoms with Crippen molar-refractivity contribution in [3.8, 4) is 11.5 Å². The van der Waals surface area contributed by atoms with E-state index in [0.29, 0.717) is 5.75 Å². The molecule has 2 N–H and O–H groups in total. The number of hydrogen-bond donors (Lipinski definition) is 2. The molecule has 0 heterocycles. The predicted molar refractivity (Wildman–Crippen MR) is 74.3 cm³/mol. The number of rotatable bonds is 0. The molecule has 0 radical (unpaired) electrons. The molecule has 0 spiro atoms. The largest absolute Gasteiger partial charge is 0.508 e. The maximum atomic E-state index is 9.76. The molecule has 0 saturated carbocycles. The third-order valence-electron chi connectivity index (χ3n) is 3.43. The Balaban J connectivity index is 2.56. The fourth-order valence-electron chi connectivity index (χ4n) is 2.54. The second kappa shape index (κ2) is 3.64. The van der Waals surface area contributed by atoms with E-state index in [2.05, 4.69) is 0 Å². The van der Waals surface area contributed by atoms with Crippen molar-refractivity contribution < 1.29 is 10.2 Å². The summed E-state index contributed by atoms with van der Waals surface area (Å²) in [5.74, 6) is 0.605. The topological polar surface area (TPSA) is 40.5 Å². The van der Waals surface area contributed by atoms with Crippen LogP contribution >= 0.6 is 0 Å². The van der Waals surface area contributed by atoms with Crippen LogP contribution in [-0.4, -0.2) is 10.2 Å². The van der Waals surface area contributed by atoms with E-state index in [1.807, 2.05) is 32.0 Å². The van der Waals surface area contributed by atoms with E-state index in [0.717, 1.165) is 32.7 Å². The Labute approximate surface area is 105 Å². The smallest absolute Gasteiger partial charge is 0.119 e. The van der Waals surface area contributed by atoms with Gasteiger partial charge in [0.15, 0.2) is 0 Å². The molecule has 0 aliphatic carbocycles. The fraction of sp³-hybridized carbons (Fsp3) is 0.125. The lowest BCUT2D eigenvalue weighted by Gasteiger charge is -2.09. The first-order chi connectivity index (χ1) is 8.56. The molecular formula is C16H14O2. The Kier molecular flexibility index (Phi) is 2.20. The van der Waals surface area contributed by atoms with Crippen LogP contribution in [0.3, 0.4) is 0 Å². The number of aryl methyl sites for hydroxylation is 2. The normalized spacial score (nSPS) is 11.2. The van der Waals surface area contributed by atoms with Gasteiger partial charge in [-0.05, 0) is 70.8 Å². The molecule has 0 fully saturated rings. The van der Waals surface area contributed by atoms with Crippen LogP contribution in [-0.2, 0) is 0 Å². The minimum Gasteiger partial charge on any atom is -0.508 e. The van der Waals surface area contributed by atoms with Gasteiger partial charge in [-0.2, -0.15) is 0 Å². The van der Waals surface area contributed by atoms with Gasteiger partial charge in [0, 0.05) is 0 Å². The average molecular weight is 238 g/mol. The summed E-state index contributed by atoms with van der Waals surface area (Å²) >= 11 is 0. The van der Waals surface area contributed by atoms with Crippen LogP contribution in [0.25, 0.3) is 21.5 Å². The Morgan fingerprint density at radius 3 is 2.28 bits per heavy atom. The Morgan fingerprint density at radius 2 is 1.50 bits per heavy atom. The van der Waals surface area contributed by atoms with Gasteiger partial charge in [-0.25, -0.2) is 0 Å². The van der Waals surface area contributed by atoms with Crippen molar-refractivity contribution in [2.24, 2.45) is 0 Å². The summed E-state index contributed by atoms with van der Waals surface area (Å²) in [5, 5.41) is 23.7. The van der Waals surface area contributed by atoms with E-state index in [1.165, 1.54) is 0 Å². The second-order valence-electron chi connectivity index (χ2n) is 4.79. The maximum Gasteiger partial charge on any atom is 0.119 e. The number of aromatic hydroxyl groups is 2. The molecule has 0 atom stereocenters. The van der Waals surface area contributed by atoms with Crippen LogP contribution in [0, 0.1) is 13.8 Å². The second-order valence-corrected chi connectivity index (χ2v) is 4.79. The molecule has 0 aromatic heterocycles. The number of fused-ring (bicyclic) bond motifs is 3. The first-order valence-electron chi connectivity index (χ1n) is 5.92. The van der Waals surface area contributed by atoms with Crippen LogP contribution in [0.2, 0.25) is 0 Å². The molecule has 3 aromatic carbocycles. The van der Waals surface area contributed by atoms with Crippen molar-refractivity contribution in [2.75, 3.05) is 0 Å². The van der Waals surface area contributed by atoms with Crippen molar-refractivity contribution in [3.05, 3.63) is 47.5 Å². The molecule has 3 rings (SSSR count). The molecule has 18 heavy (non-hydrogen) atoms. The first kappa shape index (κ1) is 10.9. The van der Waals surface area contributed by atoms with Gasteiger partial charge >= 0.3 is 0 Å². The van der Waals surface area contributed by atoms with Gasteiger partial charge in [0.2, 0.25) is 0 Å². The zero-order valence-electron chi connectivity index (χ0n) is 10.4. The molecular weight excluding hydrogens is 224 g/mol. The fourth-order valence-corrected chi connectivity index (χ4v) is 2.54. The highest BCUT2D eigenvalue weighted by Gasteiger charge is 2.07. The SMILES string of the molecule is Cc1cc2c(ccc3cc(O)cc(C)c32)cc1O. The highest BCUT2D eigenvalue weighted by atomic mass is 16.3. The molecule has 90 valence electrons. The lowest BCUT2D eigenvalue weighted by Crippen LogP contribution is -1.84. The van der Waals surface area contributed by atoms with Gasteiger partial charge in [-0.3, -0.25) is 0 Å². The zero-order valence-corrected chi connectivity index (χ0v) is 10.4. The van der Waals surface area contributed by atoms with Gasteiger partial charge < -0.3 is 10.2 Å². The summed E-state index contributed by atoms with van der Waals surface area (Å²) in [5.41, 5.74) is 1.91. The summed E-state index contributed by atoms with van der Waals surface area (Å²) in [6.45, 7) is 3.88. The van der Waals surface area contributed by atoms with Crippen molar-refractivity contribution in [1.29, 1.82) is 0 Å². The molecule has 0 aliphatic rings. The van der Waals surface area contributed by atoms with E-state index in [9.17, 15) is 10.2 Å². The van der Waals surface area contributed by atoms with E-state index < -0.39 is 0 Å². The molecule has 0 amide bonds. The van der Waals surface area contributed by atoms with Crippen molar-refractivity contribution in [1.82, 2.24) is 0 Å². The minimum atomic E-state index is 0.287. The number of phenols is 2. The lowest BCUT2D eigenvalue weighted by atomic mass is 9.96. The number of phenolic OH excluding ortho intramolecular Hbond substituents is 2. The third kappa shape index (κ3) is 1.50. The highest BCUT2D eigenvalue weighted by Crippen LogP contribution is 2.34. The minimum absolute atomic E-state index is 0.287. The van der Waals surface area contributed by atoms with Gasteiger partial charge in [0.1, 0.15) is 11.5 Å². The quantitative estimate of drug-likeness (QED) is 0.581. The van der Waals surface area contributed by atoms with Gasteiger partial charge in [0.05, 0.1) is 0 Å². The lowest BCUT2D eigenvalue weighted by molar-refractivity contribution is 0.472. The molecule has 0 saturated heterocycles. The Morgan fingerprint density at radius 1 is 0.778 bits per heavy atom. The monoisotopic (exact) mass is 238 g/mol. The molecule has 0 bridgehead atoms. The predicted octanol–water partition coefficient (Wildman–Crippen LogP) is 4.02.